The van der Waals surface area contributed by atoms with Gasteiger partial charge in [0.15, 0.2) is 5.82 Å². The molecule has 1 aromatic heterocycles. The van der Waals surface area contributed by atoms with Crippen LogP contribution in [-0.2, 0) is 0 Å². The van der Waals surface area contributed by atoms with Crippen LogP contribution in [0.3, 0.4) is 0 Å². The Morgan fingerprint density at radius 3 is 2.65 bits per heavy atom. The van der Waals surface area contributed by atoms with E-state index in [9.17, 15) is 4.79 Å². The summed E-state index contributed by atoms with van der Waals surface area (Å²) >= 11 is 0. The minimum absolute atomic E-state index is 0.149. The minimum atomic E-state index is -0.149. The van der Waals surface area contributed by atoms with Crippen molar-refractivity contribution in [2.24, 2.45) is 0 Å². The average Bonchev–Trinajstić information content (AvgIpc) is 2.79. The topological polar surface area (TPSA) is 71.3 Å². The molecule has 1 aromatic rings. The molecule has 0 saturated carbocycles. The lowest BCUT2D eigenvalue weighted by molar-refractivity contribution is 0.199. The highest BCUT2D eigenvalue weighted by molar-refractivity contribution is 5.87. The van der Waals surface area contributed by atoms with Crippen LogP contribution in [0.15, 0.2) is 4.52 Å². The fourth-order valence-corrected chi connectivity index (χ4v) is 1.79. The molecule has 0 aliphatic carbocycles. The molecule has 1 aliphatic rings. The zero-order valence-corrected chi connectivity index (χ0v) is 10.3. The van der Waals surface area contributed by atoms with Gasteiger partial charge in [-0.15, -0.1) is 0 Å². The first kappa shape index (κ1) is 11.9. The second kappa shape index (κ2) is 5.16. The van der Waals surface area contributed by atoms with E-state index in [-0.39, 0.29) is 18.0 Å². The molecule has 6 nitrogen and oxygen atoms in total. The number of carbonyl (C=O) groups excluding carboxylic acids is 1. The van der Waals surface area contributed by atoms with Gasteiger partial charge in [-0.1, -0.05) is 19.0 Å². The van der Waals surface area contributed by atoms with Crippen LogP contribution < -0.4 is 5.32 Å². The van der Waals surface area contributed by atoms with Crippen LogP contribution in [0.4, 0.5) is 10.8 Å². The van der Waals surface area contributed by atoms with E-state index >= 15 is 0 Å². The first-order valence-corrected chi connectivity index (χ1v) is 6.06. The van der Waals surface area contributed by atoms with Crippen molar-refractivity contribution in [1.29, 1.82) is 0 Å². The Morgan fingerprint density at radius 2 is 2.06 bits per heavy atom. The zero-order valence-electron chi connectivity index (χ0n) is 10.3. The third kappa shape index (κ3) is 2.95. The van der Waals surface area contributed by atoms with Crippen molar-refractivity contribution in [3.8, 4) is 0 Å². The number of hydrogen-bond acceptors (Lipinski definition) is 4. The molecule has 1 saturated heterocycles. The molecule has 94 valence electrons. The normalized spacial score (nSPS) is 16.3. The molecule has 1 fully saturated rings. The smallest absolute Gasteiger partial charge is 0.324 e. The van der Waals surface area contributed by atoms with E-state index in [1.807, 2.05) is 13.8 Å². The van der Waals surface area contributed by atoms with Crippen LogP contribution in [0.2, 0.25) is 0 Å². The first-order valence-electron chi connectivity index (χ1n) is 6.06. The Bertz CT molecular complexity index is 383. The second-order valence-electron chi connectivity index (χ2n) is 4.59. The number of likely N-dealkylation sites (tertiary alicyclic amines) is 1. The van der Waals surface area contributed by atoms with E-state index in [0.29, 0.717) is 5.82 Å². The maximum atomic E-state index is 11.8. The van der Waals surface area contributed by atoms with E-state index in [1.165, 1.54) is 6.42 Å². The Morgan fingerprint density at radius 1 is 1.35 bits per heavy atom. The van der Waals surface area contributed by atoms with Crippen molar-refractivity contribution in [3.05, 3.63) is 5.82 Å². The molecule has 2 amide bonds. The third-order valence-electron chi connectivity index (χ3n) is 2.82. The molecule has 17 heavy (non-hydrogen) atoms. The molecule has 0 unspecified atom stereocenters. The molecule has 0 bridgehead atoms. The number of hydrogen-bond donors (Lipinski definition) is 1. The molecule has 1 N–H and O–H groups in total. The number of nitrogens with zero attached hydrogens (tertiary/aromatic N) is 3. The number of amides is 2. The van der Waals surface area contributed by atoms with Crippen molar-refractivity contribution in [2.75, 3.05) is 18.4 Å². The number of urea groups is 1. The van der Waals surface area contributed by atoms with Crippen LogP contribution in [0, 0.1) is 0 Å². The van der Waals surface area contributed by atoms with E-state index in [1.54, 1.807) is 4.90 Å². The highest BCUT2D eigenvalue weighted by Crippen LogP contribution is 2.14. The van der Waals surface area contributed by atoms with Gasteiger partial charge in [-0.05, 0) is 19.3 Å². The van der Waals surface area contributed by atoms with Gasteiger partial charge in [0.25, 0.3) is 0 Å². The maximum absolute atomic E-state index is 11.8. The van der Waals surface area contributed by atoms with E-state index in [2.05, 4.69) is 15.5 Å². The van der Waals surface area contributed by atoms with Crippen LogP contribution >= 0.6 is 0 Å². The molecular formula is C11H18N4O2. The number of rotatable bonds is 2. The zero-order chi connectivity index (χ0) is 12.3. The summed E-state index contributed by atoms with van der Waals surface area (Å²) in [5.41, 5.74) is 0. The summed E-state index contributed by atoms with van der Waals surface area (Å²) in [6.45, 7) is 5.55. The Hall–Kier alpha value is -1.59. The Balaban J connectivity index is 1.92. The predicted molar refractivity (Wildman–Crippen MR) is 62.8 cm³/mol. The summed E-state index contributed by atoms with van der Waals surface area (Å²) in [4.78, 5) is 17.7. The monoisotopic (exact) mass is 238 g/mol. The minimum Gasteiger partial charge on any atom is -0.324 e. The summed E-state index contributed by atoms with van der Waals surface area (Å²) in [5, 5.41) is 6.43. The molecule has 0 aromatic carbocycles. The predicted octanol–water partition coefficient (Wildman–Crippen LogP) is 2.21. The van der Waals surface area contributed by atoms with Crippen molar-refractivity contribution in [2.45, 2.75) is 39.0 Å². The molecule has 0 spiro atoms. The van der Waals surface area contributed by atoms with Gasteiger partial charge in [-0.3, -0.25) is 5.32 Å². The van der Waals surface area contributed by atoms with Gasteiger partial charge in [0.05, 0.1) is 0 Å². The van der Waals surface area contributed by atoms with Gasteiger partial charge in [0.1, 0.15) is 0 Å². The van der Waals surface area contributed by atoms with Crippen LogP contribution in [0.5, 0.6) is 0 Å². The number of piperidine rings is 1. The van der Waals surface area contributed by atoms with Crippen LogP contribution in [-0.4, -0.2) is 34.2 Å². The standard InChI is InChI=1S/C11H18N4O2/c1-8(2)9-12-10(17-14-9)13-11(16)15-6-4-3-5-7-15/h8H,3-7H2,1-2H3,(H,12,13,14,16). The lowest BCUT2D eigenvalue weighted by Gasteiger charge is -2.25. The lowest BCUT2D eigenvalue weighted by atomic mass is 10.1. The highest BCUT2D eigenvalue weighted by atomic mass is 16.5. The first-order chi connectivity index (χ1) is 8.16. The molecule has 0 radical (unpaired) electrons. The van der Waals surface area contributed by atoms with Crippen molar-refractivity contribution >= 4 is 12.0 Å². The van der Waals surface area contributed by atoms with Gasteiger partial charge in [0, 0.05) is 19.0 Å². The molecule has 1 aliphatic heterocycles. The lowest BCUT2D eigenvalue weighted by Crippen LogP contribution is -2.38. The quantitative estimate of drug-likeness (QED) is 0.857. The molecular weight excluding hydrogens is 220 g/mol. The van der Waals surface area contributed by atoms with E-state index in [0.717, 1.165) is 25.9 Å². The van der Waals surface area contributed by atoms with Crippen molar-refractivity contribution < 1.29 is 9.32 Å². The number of nitrogens with one attached hydrogen (secondary N) is 1. The fraction of sp³-hybridized carbons (Fsp3) is 0.727. The van der Waals surface area contributed by atoms with Gasteiger partial charge in [0.2, 0.25) is 0 Å². The van der Waals surface area contributed by atoms with E-state index < -0.39 is 0 Å². The average molecular weight is 238 g/mol. The largest absolute Gasteiger partial charge is 0.329 e. The number of aromatic nitrogens is 2. The molecule has 6 heteroatoms. The highest BCUT2D eigenvalue weighted by Gasteiger charge is 2.19. The molecule has 0 atom stereocenters. The SMILES string of the molecule is CC(C)c1noc(NC(=O)N2CCCCC2)n1. The van der Waals surface area contributed by atoms with Crippen molar-refractivity contribution in [1.82, 2.24) is 15.0 Å². The molecule has 2 heterocycles. The Labute approximate surface area is 100 Å². The number of anilines is 1. The summed E-state index contributed by atoms with van der Waals surface area (Å²) in [6.07, 6.45) is 3.32. The van der Waals surface area contributed by atoms with Gasteiger partial charge >= 0.3 is 12.0 Å². The van der Waals surface area contributed by atoms with Gasteiger partial charge in [-0.25, -0.2) is 4.79 Å². The van der Waals surface area contributed by atoms with Crippen LogP contribution in [0.1, 0.15) is 44.9 Å². The second-order valence-corrected chi connectivity index (χ2v) is 4.59. The summed E-state index contributed by atoms with van der Waals surface area (Å²) in [6, 6.07) is 0.0351. The third-order valence-corrected chi connectivity index (χ3v) is 2.82. The van der Waals surface area contributed by atoms with Crippen molar-refractivity contribution in [3.63, 3.8) is 0 Å². The fourth-order valence-electron chi connectivity index (χ4n) is 1.79. The van der Waals surface area contributed by atoms with E-state index in [4.69, 9.17) is 4.52 Å². The maximum Gasteiger partial charge on any atom is 0.329 e. The Kier molecular flexibility index (Phi) is 3.61. The summed E-state index contributed by atoms with van der Waals surface area (Å²) < 4.78 is 4.97. The summed E-state index contributed by atoms with van der Waals surface area (Å²) in [7, 11) is 0. The molecule has 2 rings (SSSR count). The summed E-state index contributed by atoms with van der Waals surface area (Å²) in [5.74, 6) is 0.804. The van der Waals surface area contributed by atoms with Crippen LogP contribution in [0.25, 0.3) is 0 Å². The van der Waals surface area contributed by atoms with Gasteiger partial charge in [-0.2, -0.15) is 4.98 Å². The number of carbonyl (C=O) groups is 1. The van der Waals surface area contributed by atoms with Gasteiger partial charge < -0.3 is 9.42 Å².